The molecule has 150 valence electrons. The maximum atomic E-state index is 12.7. The number of nitrogens with zero attached hydrogens (tertiary/aromatic N) is 7. The number of hydrogen-bond acceptors (Lipinski definition) is 8. The maximum absolute atomic E-state index is 12.7. The minimum atomic E-state index is -0.810. The zero-order valence-corrected chi connectivity index (χ0v) is 16.9. The van der Waals surface area contributed by atoms with Gasteiger partial charge in [-0.3, -0.25) is 14.2 Å². The van der Waals surface area contributed by atoms with Gasteiger partial charge in [-0.25, -0.2) is 4.98 Å². The first kappa shape index (κ1) is 19.2. The predicted molar refractivity (Wildman–Crippen MR) is 103 cm³/mol. The molecule has 1 N–H and O–H groups in total. The molecular weight excluding hydrogens is 446 g/mol. The molecule has 3 heterocycles. The van der Waals surface area contributed by atoms with Crippen LogP contribution in [-0.4, -0.2) is 54.4 Å². The van der Waals surface area contributed by atoms with Gasteiger partial charge >= 0.3 is 0 Å². The Hall–Kier alpha value is -3.12. The number of hydrogen-bond donors (Lipinski definition) is 1. The van der Waals surface area contributed by atoms with Crippen LogP contribution in [0.15, 0.2) is 39.9 Å². The van der Waals surface area contributed by atoms with E-state index in [4.69, 9.17) is 4.74 Å². The zero-order valence-electron chi connectivity index (χ0n) is 15.3. The molecule has 1 atom stereocenters. The summed E-state index contributed by atoms with van der Waals surface area (Å²) in [5, 5.41) is 22.4. The van der Waals surface area contributed by atoms with Crippen molar-refractivity contribution in [3.05, 3.63) is 56.8 Å². The zero-order chi connectivity index (χ0) is 20.5. The average molecular weight is 462 g/mol. The number of carbonyl (C=O) groups is 1. The van der Waals surface area contributed by atoms with Gasteiger partial charge in [-0.15, -0.1) is 10.2 Å². The molecule has 0 radical (unpaired) electrons. The highest BCUT2D eigenvalue weighted by atomic mass is 79.9. The van der Waals surface area contributed by atoms with Crippen LogP contribution in [0.25, 0.3) is 0 Å². The molecule has 1 aromatic carbocycles. The molecule has 0 bridgehead atoms. The number of carbonyl (C=O) groups excluding carboxylic acids is 1. The monoisotopic (exact) mass is 461 g/mol. The van der Waals surface area contributed by atoms with Crippen LogP contribution in [-0.2, 0) is 17.9 Å². The minimum absolute atomic E-state index is 0.00945. The van der Waals surface area contributed by atoms with Crippen LogP contribution in [0.4, 0.5) is 5.69 Å². The lowest BCUT2D eigenvalue weighted by Crippen LogP contribution is -2.41. The molecule has 0 aliphatic carbocycles. The summed E-state index contributed by atoms with van der Waals surface area (Å²) in [5.41, 5.74) is 0.341. The second-order valence-corrected chi connectivity index (χ2v) is 7.32. The number of halogens is 1. The third-order valence-electron chi connectivity index (χ3n) is 4.42. The molecule has 3 aromatic rings. The van der Waals surface area contributed by atoms with E-state index in [0.29, 0.717) is 0 Å². The summed E-state index contributed by atoms with van der Waals surface area (Å²) in [6.45, 7) is -0.0386. The Kier molecular flexibility index (Phi) is 5.11. The second-order valence-electron chi connectivity index (χ2n) is 6.40. The van der Waals surface area contributed by atoms with Gasteiger partial charge in [0.15, 0.2) is 18.1 Å². The van der Waals surface area contributed by atoms with Gasteiger partial charge < -0.3 is 14.7 Å². The number of aliphatic hydroxyl groups excluding tert-OH is 1. The summed E-state index contributed by atoms with van der Waals surface area (Å²) < 4.78 is 7.38. The van der Waals surface area contributed by atoms with Gasteiger partial charge in [-0.2, -0.15) is 4.80 Å². The standard InChI is InChI=1S/C17H16BrN7O4/c1-23-14(27)8-29-16-15(23)17(28)24(9-19-16)7-13-20-22-25(21-13)6-12(26)10-2-4-11(18)5-3-10/h2-5,9,12,26H,6-8H2,1H3/t12-/m0/s1. The number of aromatic nitrogens is 6. The topological polar surface area (TPSA) is 128 Å². The lowest BCUT2D eigenvalue weighted by atomic mass is 10.1. The average Bonchev–Trinajstić information content (AvgIpc) is 3.14. The maximum Gasteiger partial charge on any atom is 0.281 e. The van der Waals surface area contributed by atoms with Crippen molar-refractivity contribution in [1.82, 2.24) is 29.8 Å². The van der Waals surface area contributed by atoms with E-state index in [1.165, 1.54) is 27.6 Å². The van der Waals surface area contributed by atoms with E-state index in [2.05, 4.69) is 36.3 Å². The summed E-state index contributed by atoms with van der Waals surface area (Å²) in [6, 6.07) is 7.26. The molecule has 0 fully saturated rings. The van der Waals surface area contributed by atoms with Crippen molar-refractivity contribution in [3.8, 4) is 5.88 Å². The minimum Gasteiger partial charge on any atom is -0.466 e. The number of fused-ring (bicyclic) bond motifs is 1. The molecule has 11 nitrogen and oxygen atoms in total. The summed E-state index contributed by atoms with van der Waals surface area (Å²) in [4.78, 5) is 31.0. The van der Waals surface area contributed by atoms with Crippen LogP contribution in [0.1, 0.15) is 17.5 Å². The van der Waals surface area contributed by atoms with Gasteiger partial charge in [0.1, 0.15) is 12.4 Å². The summed E-state index contributed by atoms with van der Waals surface area (Å²) in [7, 11) is 1.50. The number of amides is 1. The van der Waals surface area contributed by atoms with Crippen LogP contribution < -0.4 is 15.2 Å². The number of aliphatic hydroxyl groups is 1. The van der Waals surface area contributed by atoms with Gasteiger partial charge in [-0.1, -0.05) is 28.1 Å². The molecule has 0 saturated heterocycles. The normalized spacial score (nSPS) is 14.4. The van der Waals surface area contributed by atoms with Crippen LogP contribution in [0.2, 0.25) is 0 Å². The molecule has 4 rings (SSSR count). The Morgan fingerprint density at radius 1 is 1.28 bits per heavy atom. The summed E-state index contributed by atoms with van der Waals surface area (Å²) >= 11 is 3.35. The van der Waals surface area contributed by atoms with Crippen LogP contribution in [0.3, 0.4) is 0 Å². The molecule has 0 unspecified atom stereocenters. The predicted octanol–water partition coefficient (Wildman–Crippen LogP) is 0.129. The largest absolute Gasteiger partial charge is 0.466 e. The van der Waals surface area contributed by atoms with Crippen molar-refractivity contribution in [2.45, 2.75) is 19.2 Å². The fourth-order valence-electron chi connectivity index (χ4n) is 2.83. The molecule has 0 saturated carbocycles. The summed E-state index contributed by atoms with van der Waals surface area (Å²) in [6.07, 6.45) is 0.498. The third kappa shape index (κ3) is 3.89. The van der Waals surface area contributed by atoms with Crippen molar-refractivity contribution in [2.24, 2.45) is 0 Å². The Morgan fingerprint density at radius 3 is 2.79 bits per heavy atom. The third-order valence-corrected chi connectivity index (χ3v) is 4.95. The highest BCUT2D eigenvalue weighted by molar-refractivity contribution is 9.10. The summed E-state index contributed by atoms with van der Waals surface area (Å²) in [5.74, 6) is 0.0466. The Bertz CT molecular complexity index is 1110. The van der Waals surface area contributed by atoms with Crippen molar-refractivity contribution in [1.29, 1.82) is 0 Å². The van der Waals surface area contributed by atoms with Crippen molar-refractivity contribution >= 4 is 27.5 Å². The fourth-order valence-corrected chi connectivity index (χ4v) is 3.10. The molecule has 12 heteroatoms. The van der Waals surface area contributed by atoms with E-state index < -0.39 is 11.7 Å². The molecule has 29 heavy (non-hydrogen) atoms. The van der Waals surface area contributed by atoms with Gasteiger partial charge in [-0.05, 0) is 22.9 Å². The number of ether oxygens (including phenoxy) is 1. The molecule has 1 aliphatic heterocycles. The second kappa shape index (κ2) is 7.72. The Morgan fingerprint density at radius 2 is 2.03 bits per heavy atom. The van der Waals surface area contributed by atoms with Crippen LogP contribution in [0, 0.1) is 0 Å². The molecule has 1 aliphatic rings. The number of likely N-dealkylation sites (N-methyl/N-ethyl adjacent to an activating group) is 1. The lowest BCUT2D eigenvalue weighted by Gasteiger charge is -2.24. The van der Waals surface area contributed by atoms with Gasteiger partial charge in [0.25, 0.3) is 11.5 Å². The number of anilines is 1. The lowest BCUT2D eigenvalue weighted by molar-refractivity contribution is -0.121. The SMILES string of the molecule is CN1C(=O)COc2ncn(Cc3nnn(C[C@H](O)c4ccc(Br)cc4)n3)c(=O)c21. The van der Waals surface area contributed by atoms with E-state index in [0.717, 1.165) is 10.0 Å². The van der Waals surface area contributed by atoms with Gasteiger partial charge in [0, 0.05) is 11.5 Å². The smallest absolute Gasteiger partial charge is 0.281 e. The quantitative estimate of drug-likeness (QED) is 0.567. The van der Waals surface area contributed by atoms with Gasteiger partial charge in [0.05, 0.1) is 13.1 Å². The van der Waals surface area contributed by atoms with Crippen molar-refractivity contribution < 1.29 is 14.6 Å². The number of benzene rings is 1. The van der Waals surface area contributed by atoms with E-state index >= 15 is 0 Å². The van der Waals surface area contributed by atoms with Gasteiger partial charge in [0.2, 0.25) is 5.88 Å². The van der Waals surface area contributed by atoms with Crippen LogP contribution in [0.5, 0.6) is 5.88 Å². The molecule has 0 spiro atoms. The first-order valence-corrected chi connectivity index (χ1v) is 9.40. The first-order chi connectivity index (χ1) is 13.9. The Labute approximate surface area is 172 Å². The Balaban J connectivity index is 1.50. The van der Waals surface area contributed by atoms with E-state index in [1.807, 2.05) is 12.1 Å². The van der Waals surface area contributed by atoms with E-state index in [1.54, 1.807) is 12.1 Å². The number of tetrazole rings is 1. The van der Waals surface area contributed by atoms with Crippen molar-refractivity contribution in [2.75, 3.05) is 18.6 Å². The highest BCUT2D eigenvalue weighted by Gasteiger charge is 2.27. The van der Waals surface area contributed by atoms with E-state index in [-0.39, 0.29) is 43.0 Å². The highest BCUT2D eigenvalue weighted by Crippen LogP contribution is 2.24. The number of rotatable bonds is 5. The van der Waals surface area contributed by atoms with Crippen molar-refractivity contribution in [3.63, 3.8) is 0 Å². The molecule has 1 amide bonds. The first-order valence-electron chi connectivity index (χ1n) is 8.61. The van der Waals surface area contributed by atoms with Crippen LogP contribution >= 0.6 is 15.9 Å². The van der Waals surface area contributed by atoms with E-state index in [9.17, 15) is 14.7 Å². The fraction of sp³-hybridized carbons (Fsp3) is 0.294. The molecule has 2 aromatic heterocycles. The molecular formula is C17H16BrN7O4.